The molecule has 1 fully saturated rings. The number of ether oxygens (including phenoxy) is 1. The molecule has 3 aromatic rings. The maximum Gasteiger partial charge on any atom is 0.237 e. The fourth-order valence-electron chi connectivity index (χ4n) is 3.86. The van der Waals surface area contributed by atoms with E-state index in [2.05, 4.69) is 15.3 Å². The van der Waals surface area contributed by atoms with E-state index in [1.807, 2.05) is 0 Å². The van der Waals surface area contributed by atoms with E-state index in [0.29, 0.717) is 16.6 Å². The average molecular weight is 414 g/mol. The van der Waals surface area contributed by atoms with Crippen molar-refractivity contribution in [3.8, 4) is 11.5 Å². The Morgan fingerprint density at radius 2 is 1.97 bits per heavy atom. The maximum atomic E-state index is 14.6. The first-order valence-electron chi connectivity index (χ1n) is 10.1. The van der Waals surface area contributed by atoms with Gasteiger partial charge in [0.25, 0.3) is 0 Å². The highest BCUT2D eigenvalue weighted by Crippen LogP contribution is 2.32. The number of amides is 1. The van der Waals surface area contributed by atoms with Gasteiger partial charge in [-0.1, -0.05) is 19.3 Å². The molecular weight excluding hydrogens is 390 g/mol. The summed E-state index contributed by atoms with van der Waals surface area (Å²) in [6.45, 7) is 0. The minimum absolute atomic E-state index is 0.0317. The number of halogens is 2. The summed E-state index contributed by atoms with van der Waals surface area (Å²) in [4.78, 5) is 19.4. The second kappa shape index (κ2) is 8.79. The summed E-state index contributed by atoms with van der Waals surface area (Å²) in [5.74, 6) is -2.23. The predicted octanol–water partition coefficient (Wildman–Crippen LogP) is 3.95. The van der Waals surface area contributed by atoms with E-state index < -0.39 is 23.4 Å². The molecule has 1 amide bonds. The Kier molecular flexibility index (Phi) is 5.94. The van der Waals surface area contributed by atoms with Gasteiger partial charge in [0, 0.05) is 18.4 Å². The fraction of sp³-hybridized carbons (Fsp3) is 0.364. The second-order valence-electron chi connectivity index (χ2n) is 7.69. The van der Waals surface area contributed by atoms with Crippen molar-refractivity contribution in [3.05, 3.63) is 53.9 Å². The van der Waals surface area contributed by atoms with Crippen LogP contribution in [0.5, 0.6) is 11.5 Å². The second-order valence-corrected chi connectivity index (χ2v) is 7.69. The third-order valence-corrected chi connectivity index (χ3v) is 5.43. The summed E-state index contributed by atoms with van der Waals surface area (Å²) in [7, 11) is 0. The number of hydrogen-bond donors (Lipinski definition) is 3. The van der Waals surface area contributed by atoms with Gasteiger partial charge in [-0.25, -0.2) is 13.8 Å². The van der Waals surface area contributed by atoms with Crippen molar-refractivity contribution in [2.24, 2.45) is 5.73 Å². The Balaban J connectivity index is 1.45. The monoisotopic (exact) mass is 414 g/mol. The molecule has 2 heterocycles. The normalized spacial score (nSPS) is 15.8. The van der Waals surface area contributed by atoms with Crippen LogP contribution in [0.3, 0.4) is 0 Å². The molecule has 1 atom stereocenters. The van der Waals surface area contributed by atoms with Gasteiger partial charge in [-0.05, 0) is 49.1 Å². The lowest BCUT2D eigenvalue weighted by Crippen LogP contribution is -2.46. The van der Waals surface area contributed by atoms with Crippen molar-refractivity contribution < 1.29 is 18.3 Å². The van der Waals surface area contributed by atoms with Crippen LogP contribution in [0.4, 0.5) is 8.78 Å². The molecule has 30 heavy (non-hydrogen) atoms. The van der Waals surface area contributed by atoms with Gasteiger partial charge >= 0.3 is 0 Å². The van der Waals surface area contributed by atoms with Gasteiger partial charge < -0.3 is 20.8 Å². The zero-order valence-corrected chi connectivity index (χ0v) is 16.5. The van der Waals surface area contributed by atoms with Crippen LogP contribution in [-0.4, -0.2) is 28.0 Å². The average Bonchev–Trinajstić information content (AvgIpc) is 3.21. The molecule has 1 aromatic carbocycles. The number of nitrogens with two attached hydrogens (primary N) is 1. The van der Waals surface area contributed by atoms with Crippen LogP contribution >= 0.6 is 0 Å². The van der Waals surface area contributed by atoms with Crippen molar-refractivity contribution in [2.45, 2.75) is 50.6 Å². The topological polar surface area (TPSA) is 93.0 Å². The number of fused-ring (bicyclic) bond motifs is 1. The van der Waals surface area contributed by atoms with Crippen LogP contribution in [0.25, 0.3) is 11.0 Å². The zero-order chi connectivity index (χ0) is 21.1. The summed E-state index contributed by atoms with van der Waals surface area (Å²) < 4.78 is 34.7. The van der Waals surface area contributed by atoms with Crippen molar-refractivity contribution in [1.29, 1.82) is 0 Å². The van der Waals surface area contributed by atoms with E-state index in [4.69, 9.17) is 10.5 Å². The van der Waals surface area contributed by atoms with Gasteiger partial charge in [-0.15, -0.1) is 0 Å². The number of nitrogens with zero attached hydrogens (tertiary/aromatic N) is 1. The molecule has 0 aliphatic heterocycles. The Morgan fingerprint density at radius 1 is 1.23 bits per heavy atom. The van der Waals surface area contributed by atoms with E-state index in [9.17, 15) is 13.6 Å². The third-order valence-electron chi connectivity index (χ3n) is 5.43. The fourth-order valence-corrected chi connectivity index (χ4v) is 3.86. The highest BCUT2D eigenvalue weighted by Gasteiger charge is 2.22. The Hall–Kier alpha value is -3.00. The summed E-state index contributed by atoms with van der Waals surface area (Å²) in [5.41, 5.74) is 6.83. The molecule has 0 spiro atoms. The van der Waals surface area contributed by atoms with E-state index in [0.717, 1.165) is 37.8 Å². The number of carbonyl (C=O) groups excluding carboxylic acids is 1. The van der Waals surface area contributed by atoms with E-state index in [-0.39, 0.29) is 24.1 Å². The number of aromatic amines is 1. The third kappa shape index (κ3) is 4.43. The van der Waals surface area contributed by atoms with Crippen molar-refractivity contribution >= 4 is 16.9 Å². The van der Waals surface area contributed by atoms with Crippen LogP contribution in [0.15, 0.2) is 36.7 Å². The van der Waals surface area contributed by atoms with Crippen LogP contribution < -0.4 is 15.8 Å². The van der Waals surface area contributed by atoms with Crippen LogP contribution in [0, 0.1) is 11.6 Å². The van der Waals surface area contributed by atoms with E-state index >= 15 is 0 Å². The van der Waals surface area contributed by atoms with Crippen LogP contribution in [0.1, 0.15) is 37.7 Å². The molecule has 158 valence electrons. The molecule has 4 N–H and O–H groups in total. The number of carbonyl (C=O) groups is 1. The number of nitrogens with one attached hydrogen (secondary N) is 2. The quantitative estimate of drug-likeness (QED) is 0.569. The first-order chi connectivity index (χ1) is 14.5. The lowest BCUT2D eigenvalue weighted by atomic mass is 9.95. The summed E-state index contributed by atoms with van der Waals surface area (Å²) >= 11 is 0. The zero-order valence-electron chi connectivity index (χ0n) is 16.5. The number of benzene rings is 1. The highest BCUT2D eigenvalue weighted by molar-refractivity contribution is 5.83. The molecule has 0 bridgehead atoms. The van der Waals surface area contributed by atoms with Crippen molar-refractivity contribution in [3.63, 3.8) is 0 Å². The number of H-pyrrole nitrogens is 1. The SMILES string of the molecule is NC(Cc1cc(F)c(Oc2ccnc3[nH]ccc23)c(F)c1)C(=O)NC1CCCCC1. The largest absolute Gasteiger partial charge is 0.450 e. The van der Waals surface area contributed by atoms with E-state index in [1.54, 1.807) is 12.3 Å². The Labute approximate surface area is 172 Å². The van der Waals surface area contributed by atoms with Gasteiger partial charge in [0.2, 0.25) is 5.91 Å². The minimum Gasteiger partial charge on any atom is -0.450 e. The molecular formula is C22H24F2N4O2. The van der Waals surface area contributed by atoms with E-state index in [1.165, 1.54) is 18.7 Å². The predicted molar refractivity (Wildman–Crippen MR) is 109 cm³/mol. The Morgan fingerprint density at radius 3 is 2.70 bits per heavy atom. The Bertz CT molecular complexity index is 1020. The summed E-state index contributed by atoms with van der Waals surface area (Å²) in [5, 5.41) is 3.55. The molecule has 1 unspecified atom stereocenters. The summed E-state index contributed by atoms with van der Waals surface area (Å²) in [6.07, 6.45) is 8.43. The lowest BCUT2D eigenvalue weighted by molar-refractivity contribution is -0.123. The number of aromatic nitrogens is 2. The first-order valence-corrected chi connectivity index (χ1v) is 10.1. The lowest BCUT2D eigenvalue weighted by Gasteiger charge is -2.24. The standard InChI is InChI=1S/C22H24F2N4O2/c23-16-10-13(12-18(25)22(29)28-14-4-2-1-3-5-14)11-17(24)20(16)30-19-7-9-27-21-15(19)6-8-26-21/h6-11,14,18H,1-5,12,25H2,(H,26,27)(H,28,29). The molecule has 1 saturated carbocycles. The van der Waals surface area contributed by atoms with Gasteiger partial charge in [-0.3, -0.25) is 4.79 Å². The molecule has 2 aromatic heterocycles. The molecule has 4 rings (SSSR count). The molecule has 0 radical (unpaired) electrons. The van der Waals surface area contributed by atoms with Gasteiger partial charge in [-0.2, -0.15) is 0 Å². The number of hydrogen-bond acceptors (Lipinski definition) is 4. The van der Waals surface area contributed by atoms with Gasteiger partial charge in [0.15, 0.2) is 17.4 Å². The van der Waals surface area contributed by atoms with Crippen molar-refractivity contribution in [2.75, 3.05) is 0 Å². The van der Waals surface area contributed by atoms with Crippen LogP contribution in [-0.2, 0) is 11.2 Å². The number of pyridine rings is 1. The maximum absolute atomic E-state index is 14.6. The van der Waals surface area contributed by atoms with Crippen LogP contribution in [0.2, 0.25) is 0 Å². The van der Waals surface area contributed by atoms with Gasteiger partial charge in [0.05, 0.1) is 11.4 Å². The smallest absolute Gasteiger partial charge is 0.237 e. The van der Waals surface area contributed by atoms with Gasteiger partial charge in [0.1, 0.15) is 11.4 Å². The molecule has 8 heteroatoms. The molecule has 1 aliphatic carbocycles. The summed E-state index contributed by atoms with van der Waals surface area (Å²) in [6, 6.07) is 4.81. The molecule has 0 saturated heterocycles. The first kappa shape index (κ1) is 20.3. The highest BCUT2D eigenvalue weighted by atomic mass is 19.1. The molecule has 1 aliphatic rings. The van der Waals surface area contributed by atoms with Crippen molar-refractivity contribution in [1.82, 2.24) is 15.3 Å². The number of rotatable bonds is 6. The molecule has 6 nitrogen and oxygen atoms in total. The minimum atomic E-state index is -0.878.